The first-order valence-corrected chi connectivity index (χ1v) is 8.46. The van der Waals surface area contributed by atoms with E-state index in [4.69, 9.17) is 4.74 Å². The third kappa shape index (κ3) is 17.4. The van der Waals surface area contributed by atoms with E-state index in [1.54, 1.807) is 7.05 Å². The number of guanidine groups is 1. The van der Waals surface area contributed by atoms with Gasteiger partial charge >= 0.3 is 6.09 Å². The Morgan fingerprint density at radius 3 is 2.12 bits per heavy atom. The predicted molar refractivity (Wildman–Crippen MR) is 112 cm³/mol. The Balaban J connectivity index is 0. The quantitative estimate of drug-likeness (QED) is 0.177. The number of aliphatic imine (C=N–C) groups is 1. The first-order chi connectivity index (χ1) is 11.3. The van der Waals surface area contributed by atoms with Crippen LogP contribution in [0.25, 0.3) is 0 Å². The molecule has 0 aromatic rings. The average Bonchev–Trinajstić information content (AvgIpc) is 2.49. The first-order valence-electron chi connectivity index (χ1n) is 8.46. The smallest absolute Gasteiger partial charge is 0.407 e. The average molecular weight is 471 g/mol. The monoisotopic (exact) mass is 471 g/mol. The van der Waals surface area contributed by atoms with Crippen molar-refractivity contribution < 1.29 is 14.3 Å². The zero-order valence-electron chi connectivity index (χ0n) is 16.0. The number of halogens is 1. The summed E-state index contributed by atoms with van der Waals surface area (Å²) < 4.78 is 5.15. The van der Waals surface area contributed by atoms with Crippen LogP contribution in [0.5, 0.6) is 0 Å². The van der Waals surface area contributed by atoms with Crippen molar-refractivity contribution in [1.82, 2.24) is 21.3 Å². The van der Waals surface area contributed by atoms with Crippen molar-refractivity contribution in [1.29, 1.82) is 0 Å². The highest BCUT2D eigenvalue weighted by atomic mass is 127. The van der Waals surface area contributed by atoms with Gasteiger partial charge in [0.2, 0.25) is 5.91 Å². The van der Waals surface area contributed by atoms with Crippen molar-refractivity contribution in [2.24, 2.45) is 4.99 Å². The molecule has 8 nitrogen and oxygen atoms in total. The van der Waals surface area contributed by atoms with Gasteiger partial charge in [-0.05, 0) is 33.6 Å². The maximum atomic E-state index is 11.5. The Morgan fingerprint density at radius 2 is 1.56 bits per heavy atom. The van der Waals surface area contributed by atoms with Crippen LogP contribution >= 0.6 is 24.0 Å². The highest BCUT2D eigenvalue weighted by molar-refractivity contribution is 14.0. The minimum absolute atomic E-state index is 0. The molecule has 0 spiro atoms. The van der Waals surface area contributed by atoms with Gasteiger partial charge in [-0.2, -0.15) is 0 Å². The molecule has 0 aromatic heterocycles. The normalized spacial score (nSPS) is 11.2. The van der Waals surface area contributed by atoms with Crippen LogP contribution in [-0.2, 0) is 9.53 Å². The van der Waals surface area contributed by atoms with Crippen LogP contribution in [0.1, 0.15) is 47.0 Å². The van der Waals surface area contributed by atoms with Gasteiger partial charge in [-0.3, -0.25) is 9.79 Å². The van der Waals surface area contributed by atoms with E-state index in [9.17, 15) is 9.59 Å². The second-order valence-electron chi connectivity index (χ2n) is 6.31. The summed E-state index contributed by atoms with van der Waals surface area (Å²) in [6.07, 6.45) is 1.65. The molecule has 148 valence electrons. The summed E-state index contributed by atoms with van der Waals surface area (Å²) in [6.45, 7) is 9.88. The van der Waals surface area contributed by atoms with Crippen LogP contribution in [0.4, 0.5) is 4.79 Å². The fourth-order valence-electron chi connectivity index (χ4n) is 1.67. The van der Waals surface area contributed by atoms with E-state index in [-0.39, 0.29) is 29.9 Å². The summed E-state index contributed by atoms with van der Waals surface area (Å²) in [6, 6.07) is 0. The SMILES string of the molecule is CCCNC(=O)CCNC(=NC)NCCCNC(=O)OC(C)(C)C.I. The molecule has 0 saturated carbocycles. The van der Waals surface area contributed by atoms with E-state index >= 15 is 0 Å². The largest absolute Gasteiger partial charge is 0.444 e. The molecule has 0 fully saturated rings. The van der Waals surface area contributed by atoms with E-state index < -0.39 is 11.7 Å². The van der Waals surface area contributed by atoms with Crippen molar-refractivity contribution in [2.45, 2.75) is 52.6 Å². The minimum atomic E-state index is -0.488. The number of carbonyl (C=O) groups is 2. The molecule has 0 aromatic carbocycles. The van der Waals surface area contributed by atoms with E-state index in [2.05, 4.69) is 26.3 Å². The number of rotatable bonds is 9. The lowest BCUT2D eigenvalue weighted by Gasteiger charge is -2.19. The maximum Gasteiger partial charge on any atom is 0.407 e. The van der Waals surface area contributed by atoms with Crippen molar-refractivity contribution in [3.05, 3.63) is 0 Å². The van der Waals surface area contributed by atoms with Crippen LogP contribution in [0.15, 0.2) is 4.99 Å². The Hall–Kier alpha value is -1.26. The van der Waals surface area contributed by atoms with Gasteiger partial charge in [-0.25, -0.2) is 4.79 Å². The third-order valence-electron chi connectivity index (χ3n) is 2.75. The van der Waals surface area contributed by atoms with Gasteiger partial charge in [-0.15, -0.1) is 24.0 Å². The highest BCUT2D eigenvalue weighted by Crippen LogP contribution is 2.06. The van der Waals surface area contributed by atoms with Crippen LogP contribution < -0.4 is 21.3 Å². The minimum Gasteiger partial charge on any atom is -0.444 e. The molecule has 0 aliphatic carbocycles. The van der Waals surface area contributed by atoms with Gasteiger partial charge in [-0.1, -0.05) is 6.92 Å². The molecule has 0 unspecified atom stereocenters. The van der Waals surface area contributed by atoms with Crippen LogP contribution in [0, 0.1) is 0 Å². The second-order valence-corrected chi connectivity index (χ2v) is 6.31. The van der Waals surface area contributed by atoms with Crippen molar-refractivity contribution in [3.8, 4) is 0 Å². The Kier molecular flexibility index (Phi) is 15.6. The van der Waals surface area contributed by atoms with Gasteiger partial charge in [0.05, 0.1) is 0 Å². The molecule has 2 amide bonds. The molecule has 0 aliphatic heterocycles. The highest BCUT2D eigenvalue weighted by Gasteiger charge is 2.15. The van der Waals surface area contributed by atoms with Crippen LogP contribution in [0.3, 0.4) is 0 Å². The van der Waals surface area contributed by atoms with E-state index in [1.165, 1.54) is 0 Å². The molecule has 9 heteroatoms. The first kappa shape index (κ1) is 26.0. The maximum absolute atomic E-state index is 11.5. The number of hydrogen-bond donors (Lipinski definition) is 4. The van der Waals surface area contributed by atoms with Gasteiger partial charge in [0.25, 0.3) is 0 Å². The summed E-state index contributed by atoms with van der Waals surface area (Å²) in [5.74, 6) is 0.664. The molecule has 0 atom stereocenters. The molecule has 0 heterocycles. The summed E-state index contributed by atoms with van der Waals surface area (Å²) in [4.78, 5) is 27.0. The van der Waals surface area contributed by atoms with Gasteiger partial charge in [0, 0.05) is 39.6 Å². The van der Waals surface area contributed by atoms with Crippen molar-refractivity contribution >= 4 is 41.9 Å². The number of amides is 2. The summed E-state index contributed by atoms with van der Waals surface area (Å²) in [5, 5.41) is 11.7. The van der Waals surface area contributed by atoms with Gasteiger partial charge < -0.3 is 26.0 Å². The Morgan fingerprint density at radius 1 is 0.960 bits per heavy atom. The van der Waals surface area contributed by atoms with Gasteiger partial charge in [0.15, 0.2) is 5.96 Å². The number of carbonyl (C=O) groups excluding carboxylic acids is 2. The molecule has 0 radical (unpaired) electrons. The zero-order chi connectivity index (χ0) is 18.4. The molecule has 25 heavy (non-hydrogen) atoms. The fourth-order valence-corrected chi connectivity index (χ4v) is 1.67. The summed E-state index contributed by atoms with van der Waals surface area (Å²) in [7, 11) is 1.67. The number of hydrogen-bond acceptors (Lipinski definition) is 4. The number of nitrogens with one attached hydrogen (secondary N) is 4. The fraction of sp³-hybridized carbons (Fsp3) is 0.812. The molecule has 0 bridgehead atoms. The van der Waals surface area contributed by atoms with Crippen molar-refractivity contribution in [2.75, 3.05) is 33.2 Å². The lowest BCUT2D eigenvalue weighted by Crippen LogP contribution is -2.40. The summed E-state index contributed by atoms with van der Waals surface area (Å²) >= 11 is 0. The number of ether oxygens (including phenoxy) is 1. The second kappa shape index (κ2) is 15.0. The third-order valence-corrected chi connectivity index (χ3v) is 2.75. The van der Waals surface area contributed by atoms with E-state index in [1.807, 2.05) is 27.7 Å². The zero-order valence-corrected chi connectivity index (χ0v) is 18.4. The van der Waals surface area contributed by atoms with Crippen LogP contribution in [0.2, 0.25) is 0 Å². The lowest BCUT2D eigenvalue weighted by atomic mass is 10.2. The Bertz CT molecular complexity index is 411. The van der Waals surface area contributed by atoms with E-state index in [0.29, 0.717) is 38.6 Å². The van der Waals surface area contributed by atoms with Crippen LogP contribution in [-0.4, -0.2) is 56.8 Å². The topological polar surface area (TPSA) is 104 Å². The molecular formula is C16H34IN5O3. The van der Waals surface area contributed by atoms with Crippen molar-refractivity contribution in [3.63, 3.8) is 0 Å². The Labute approximate surface area is 168 Å². The molecule has 4 N–H and O–H groups in total. The number of nitrogens with zero attached hydrogens (tertiary/aromatic N) is 1. The van der Waals surface area contributed by atoms with E-state index in [0.717, 1.165) is 12.8 Å². The molecule has 0 saturated heterocycles. The summed E-state index contributed by atoms with van der Waals surface area (Å²) in [5.41, 5.74) is -0.488. The molecular weight excluding hydrogens is 437 g/mol. The molecule has 0 rings (SSSR count). The lowest BCUT2D eigenvalue weighted by molar-refractivity contribution is -0.120. The predicted octanol–water partition coefficient (Wildman–Crippen LogP) is 1.60. The molecule has 0 aliphatic rings. The number of alkyl carbamates (subject to hydrolysis) is 1. The van der Waals surface area contributed by atoms with Gasteiger partial charge in [0.1, 0.15) is 5.60 Å². The standard InChI is InChI=1S/C16H33N5O3.HI/c1-6-9-18-13(22)8-12-20-14(17-5)19-10-7-11-21-15(23)24-16(2,3)4;/h6-12H2,1-5H3,(H,18,22)(H,21,23)(H2,17,19,20);1H.